The molecule has 0 bridgehead atoms. The summed E-state index contributed by atoms with van der Waals surface area (Å²) in [4.78, 5) is 13.9. The van der Waals surface area contributed by atoms with Crippen LogP contribution in [-0.4, -0.2) is 30.4 Å². The fraction of sp³-hybridized carbons (Fsp3) is 0.385. The van der Waals surface area contributed by atoms with Crippen LogP contribution in [0.1, 0.15) is 18.4 Å². The van der Waals surface area contributed by atoms with Crippen molar-refractivity contribution in [1.82, 2.24) is 4.90 Å². The molecule has 1 saturated heterocycles. The van der Waals surface area contributed by atoms with Gasteiger partial charge in [-0.1, -0.05) is 0 Å². The van der Waals surface area contributed by atoms with Crippen LogP contribution in [0.15, 0.2) is 24.3 Å². The summed E-state index contributed by atoms with van der Waals surface area (Å²) in [6.45, 7) is 2.49. The molecule has 1 aliphatic heterocycles. The zero-order chi connectivity index (χ0) is 12.1. The van der Waals surface area contributed by atoms with Crippen molar-refractivity contribution >= 4 is 11.6 Å². The van der Waals surface area contributed by atoms with E-state index < -0.39 is 0 Å². The van der Waals surface area contributed by atoms with E-state index in [2.05, 4.69) is 10.2 Å². The second-order valence-electron chi connectivity index (χ2n) is 4.22. The first-order valence-electron chi connectivity index (χ1n) is 5.80. The van der Waals surface area contributed by atoms with Gasteiger partial charge in [0.05, 0.1) is 18.2 Å². The molecule has 0 atom stereocenters. The van der Waals surface area contributed by atoms with E-state index in [-0.39, 0.29) is 5.91 Å². The minimum absolute atomic E-state index is 0.0107. The van der Waals surface area contributed by atoms with Crippen LogP contribution in [0.2, 0.25) is 0 Å². The average molecular weight is 229 g/mol. The van der Waals surface area contributed by atoms with Gasteiger partial charge in [-0.15, -0.1) is 0 Å². The summed E-state index contributed by atoms with van der Waals surface area (Å²) in [6, 6.07) is 8.95. The molecule has 1 aromatic rings. The van der Waals surface area contributed by atoms with E-state index in [4.69, 9.17) is 5.26 Å². The highest BCUT2D eigenvalue weighted by Crippen LogP contribution is 2.10. The van der Waals surface area contributed by atoms with Crippen molar-refractivity contribution < 1.29 is 4.79 Å². The second-order valence-corrected chi connectivity index (χ2v) is 4.22. The monoisotopic (exact) mass is 229 g/mol. The molecule has 1 amide bonds. The van der Waals surface area contributed by atoms with E-state index in [0.29, 0.717) is 12.1 Å². The van der Waals surface area contributed by atoms with Crippen LogP contribution in [0.4, 0.5) is 5.69 Å². The number of likely N-dealkylation sites (tertiary alicyclic amines) is 1. The smallest absolute Gasteiger partial charge is 0.238 e. The first-order chi connectivity index (χ1) is 8.28. The summed E-state index contributed by atoms with van der Waals surface area (Å²) in [5, 5.41) is 11.5. The number of carbonyl (C=O) groups excluding carboxylic acids is 1. The Morgan fingerprint density at radius 1 is 1.29 bits per heavy atom. The molecule has 2 rings (SSSR count). The molecule has 1 aliphatic rings. The van der Waals surface area contributed by atoms with E-state index >= 15 is 0 Å². The molecule has 4 heteroatoms. The van der Waals surface area contributed by atoms with E-state index in [1.807, 2.05) is 6.07 Å². The molecule has 0 unspecified atom stereocenters. The van der Waals surface area contributed by atoms with Crippen LogP contribution in [0, 0.1) is 11.3 Å². The van der Waals surface area contributed by atoms with E-state index in [9.17, 15) is 4.79 Å². The Kier molecular flexibility index (Phi) is 3.73. The maximum atomic E-state index is 11.7. The molecule has 0 radical (unpaired) electrons. The van der Waals surface area contributed by atoms with Gasteiger partial charge in [0, 0.05) is 5.69 Å². The van der Waals surface area contributed by atoms with Crippen molar-refractivity contribution in [3.63, 3.8) is 0 Å². The highest BCUT2D eigenvalue weighted by Gasteiger charge is 2.14. The van der Waals surface area contributed by atoms with Crippen LogP contribution >= 0.6 is 0 Å². The number of benzene rings is 1. The van der Waals surface area contributed by atoms with Crippen molar-refractivity contribution in [3.05, 3.63) is 29.8 Å². The van der Waals surface area contributed by atoms with Crippen molar-refractivity contribution in [2.24, 2.45) is 0 Å². The summed E-state index contributed by atoms with van der Waals surface area (Å²) in [7, 11) is 0. The summed E-state index contributed by atoms with van der Waals surface area (Å²) in [6.07, 6.45) is 2.37. The molecule has 1 aromatic carbocycles. The Morgan fingerprint density at radius 2 is 1.94 bits per heavy atom. The Balaban J connectivity index is 1.86. The summed E-state index contributed by atoms with van der Waals surface area (Å²) >= 11 is 0. The van der Waals surface area contributed by atoms with Crippen molar-refractivity contribution in [2.75, 3.05) is 25.0 Å². The molecule has 0 aromatic heterocycles. The van der Waals surface area contributed by atoms with E-state index in [1.165, 1.54) is 12.8 Å². The largest absolute Gasteiger partial charge is 0.325 e. The quantitative estimate of drug-likeness (QED) is 0.856. The van der Waals surface area contributed by atoms with Gasteiger partial charge in [0.1, 0.15) is 0 Å². The number of hydrogen-bond donors (Lipinski definition) is 1. The third kappa shape index (κ3) is 3.30. The Labute approximate surface area is 101 Å². The zero-order valence-corrected chi connectivity index (χ0v) is 9.65. The molecule has 88 valence electrons. The molecule has 0 saturated carbocycles. The van der Waals surface area contributed by atoms with Gasteiger partial charge in [-0.25, -0.2) is 0 Å². The lowest BCUT2D eigenvalue weighted by atomic mass is 10.2. The van der Waals surface area contributed by atoms with Crippen LogP contribution in [0.5, 0.6) is 0 Å². The van der Waals surface area contributed by atoms with Crippen molar-refractivity contribution in [3.8, 4) is 6.07 Å². The standard InChI is InChI=1S/C13H15N3O/c14-9-11-3-5-12(6-4-11)15-13(17)10-16-7-1-2-8-16/h3-6H,1-2,7-8,10H2,(H,15,17). The predicted octanol–water partition coefficient (Wildman–Crippen LogP) is 1.59. The minimum Gasteiger partial charge on any atom is -0.325 e. The Hall–Kier alpha value is -1.86. The number of rotatable bonds is 3. The van der Waals surface area contributed by atoms with Gasteiger partial charge in [-0.3, -0.25) is 9.69 Å². The van der Waals surface area contributed by atoms with Crippen LogP contribution in [-0.2, 0) is 4.79 Å². The average Bonchev–Trinajstić information content (AvgIpc) is 2.82. The minimum atomic E-state index is 0.0107. The first-order valence-corrected chi connectivity index (χ1v) is 5.80. The lowest BCUT2D eigenvalue weighted by Gasteiger charge is -2.13. The number of nitrogens with zero attached hydrogens (tertiary/aromatic N) is 2. The SMILES string of the molecule is N#Cc1ccc(NC(=O)CN2CCCC2)cc1. The van der Waals surface area contributed by atoms with E-state index in [1.54, 1.807) is 24.3 Å². The summed E-state index contributed by atoms with van der Waals surface area (Å²) < 4.78 is 0. The third-order valence-corrected chi connectivity index (χ3v) is 2.86. The molecule has 0 spiro atoms. The van der Waals surface area contributed by atoms with Crippen LogP contribution in [0.3, 0.4) is 0 Å². The van der Waals surface area contributed by atoms with Crippen molar-refractivity contribution in [2.45, 2.75) is 12.8 Å². The molecule has 0 aliphatic carbocycles. The van der Waals surface area contributed by atoms with Gasteiger partial charge in [-0.05, 0) is 50.2 Å². The Bertz CT molecular complexity index is 427. The van der Waals surface area contributed by atoms with Gasteiger partial charge in [-0.2, -0.15) is 5.26 Å². The third-order valence-electron chi connectivity index (χ3n) is 2.86. The molecule has 4 nitrogen and oxygen atoms in total. The van der Waals surface area contributed by atoms with Crippen LogP contribution in [0.25, 0.3) is 0 Å². The molecular weight excluding hydrogens is 214 g/mol. The normalized spacial score (nSPS) is 15.5. The molecule has 1 heterocycles. The number of nitriles is 1. The predicted molar refractivity (Wildman–Crippen MR) is 65.5 cm³/mol. The second kappa shape index (κ2) is 5.46. The molecule has 17 heavy (non-hydrogen) atoms. The fourth-order valence-corrected chi connectivity index (χ4v) is 1.97. The number of anilines is 1. The fourth-order valence-electron chi connectivity index (χ4n) is 1.97. The topological polar surface area (TPSA) is 56.1 Å². The lowest BCUT2D eigenvalue weighted by Crippen LogP contribution is -2.30. The highest BCUT2D eigenvalue weighted by molar-refractivity contribution is 5.92. The van der Waals surface area contributed by atoms with Crippen LogP contribution < -0.4 is 5.32 Å². The van der Waals surface area contributed by atoms with Gasteiger partial charge < -0.3 is 5.32 Å². The maximum Gasteiger partial charge on any atom is 0.238 e. The summed E-state index contributed by atoms with van der Waals surface area (Å²) in [5.74, 6) is 0.0107. The highest BCUT2D eigenvalue weighted by atomic mass is 16.2. The Morgan fingerprint density at radius 3 is 2.53 bits per heavy atom. The molecule has 1 fully saturated rings. The molecule has 1 N–H and O–H groups in total. The number of amides is 1. The lowest BCUT2D eigenvalue weighted by molar-refractivity contribution is -0.117. The van der Waals surface area contributed by atoms with Crippen molar-refractivity contribution in [1.29, 1.82) is 5.26 Å². The maximum absolute atomic E-state index is 11.7. The van der Waals surface area contributed by atoms with Gasteiger partial charge in [0.15, 0.2) is 0 Å². The number of nitrogens with one attached hydrogen (secondary N) is 1. The first kappa shape index (κ1) is 11.6. The summed E-state index contributed by atoms with van der Waals surface area (Å²) in [5.41, 5.74) is 1.34. The van der Waals surface area contributed by atoms with Gasteiger partial charge >= 0.3 is 0 Å². The zero-order valence-electron chi connectivity index (χ0n) is 9.65. The number of carbonyl (C=O) groups is 1. The molecular formula is C13H15N3O. The van der Waals surface area contributed by atoms with E-state index in [0.717, 1.165) is 18.8 Å². The van der Waals surface area contributed by atoms with Gasteiger partial charge in [0.2, 0.25) is 5.91 Å². The van der Waals surface area contributed by atoms with Gasteiger partial charge in [0.25, 0.3) is 0 Å². The number of hydrogen-bond acceptors (Lipinski definition) is 3.